The number of carbonyl (C=O) groups excluding carboxylic acids is 1. The van der Waals surface area contributed by atoms with Gasteiger partial charge in [0.05, 0.1) is 23.4 Å². The van der Waals surface area contributed by atoms with Crippen molar-refractivity contribution in [2.45, 2.75) is 0 Å². The minimum absolute atomic E-state index is 0.0499. The third-order valence-corrected chi connectivity index (χ3v) is 4.16. The molecular weight excluding hydrogens is 331 g/mol. The van der Waals surface area contributed by atoms with Crippen molar-refractivity contribution in [3.8, 4) is 16.9 Å². The molecule has 0 saturated heterocycles. The topological polar surface area (TPSA) is 78.3 Å². The molecule has 0 aromatic heterocycles. The SMILES string of the molecule is COc1cc(-c2c(Cl)cc(C(N)=O)c(N)c2F)c2ccccc2c1. The highest BCUT2D eigenvalue weighted by Crippen LogP contribution is 2.40. The maximum absolute atomic E-state index is 14.9. The standard InChI is InChI=1S/C18H14ClFN2O2/c1-24-10-6-9-4-2-3-5-11(9)12(7-10)15-14(19)8-13(18(22)23)17(21)16(15)20/h2-8H,21H2,1H3,(H2,22,23). The molecule has 0 radical (unpaired) electrons. The number of nitrogens with two attached hydrogens (primary N) is 2. The van der Waals surface area contributed by atoms with E-state index in [9.17, 15) is 9.18 Å². The minimum Gasteiger partial charge on any atom is -0.497 e. The summed E-state index contributed by atoms with van der Waals surface area (Å²) >= 11 is 6.24. The molecule has 3 aromatic carbocycles. The summed E-state index contributed by atoms with van der Waals surface area (Å²) in [7, 11) is 1.52. The van der Waals surface area contributed by atoms with E-state index in [0.717, 1.165) is 10.8 Å². The Bertz CT molecular complexity index is 973. The second-order valence-electron chi connectivity index (χ2n) is 5.27. The van der Waals surface area contributed by atoms with Crippen LogP contribution in [0.25, 0.3) is 21.9 Å². The second-order valence-corrected chi connectivity index (χ2v) is 5.68. The van der Waals surface area contributed by atoms with E-state index in [1.54, 1.807) is 6.07 Å². The molecule has 6 heteroatoms. The number of hydrogen-bond acceptors (Lipinski definition) is 3. The van der Waals surface area contributed by atoms with E-state index in [4.69, 9.17) is 27.8 Å². The molecule has 3 rings (SSSR count). The molecule has 0 aliphatic carbocycles. The summed E-state index contributed by atoms with van der Waals surface area (Å²) in [6.45, 7) is 0. The molecule has 4 N–H and O–H groups in total. The fourth-order valence-electron chi connectivity index (χ4n) is 2.69. The summed E-state index contributed by atoms with van der Waals surface area (Å²) in [5, 5.41) is 1.69. The van der Waals surface area contributed by atoms with Crippen LogP contribution in [0, 0.1) is 5.82 Å². The second kappa shape index (κ2) is 6.02. The van der Waals surface area contributed by atoms with Gasteiger partial charge in [0.15, 0.2) is 5.82 Å². The van der Waals surface area contributed by atoms with Gasteiger partial charge >= 0.3 is 0 Å². The number of amides is 1. The van der Waals surface area contributed by atoms with Crippen LogP contribution < -0.4 is 16.2 Å². The Morgan fingerprint density at radius 2 is 1.92 bits per heavy atom. The molecule has 0 unspecified atom stereocenters. The predicted octanol–water partition coefficient (Wildman–Crippen LogP) is 3.99. The van der Waals surface area contributed by atoms with Crippen LogP contribution in [0.3, 0.4) is 0 Å². The van der Waals surface area contributed by atoms with Crippen LogP contribution >= 0.6 is 11.6 Å². The lowest BCUT2D eigenvalue weighted by Crippen LogP contribution is -2.15. The van der Waals surface area contributed by atoms with Gasteiger partial charge in [-0.2, -0.15) is 0 Å². The van der Waals surface area contributed by atoms with Crippen LogP contribution in [0.4, 0.5) is 10.1 Å². The van der Waals surface area contributed by atoms with Gasteiger partial charge < -0.3 is 16.2 Å². The van der Waals surface area contributed by atoms with Crippen LogP contribution in [0.5, 0.6) is 5.75 Å². The normalized spacial score (nSPS) is 10.8. The minimum atomic E-state index is -0.838. The number of halogens is 2. The van der Waals surface area contributed by atoms with Gasteiger partial charge in [0.2, 0.25) is 0 Å². The Kier molecular flexibility index (Phi) is 4.03. The lowest BCUT2D eigenvalue weighted by atomic mass is 9.95. The summed E-state index contributed by atoms with van der Waals surface area (Å²) in [6.07, 6.45) is 0. The molecule has 122 valence electrons. The lowest BCUT2D eigenvalue weighted by Gasteiger charge is -2.15. The van der Waals surface area contributed by atoms with E-state index in [2.05, 4.69) is 0 Å². The first-order valence-electron chi connectivity index (χ1n) is 7.08. The van der Waals surface area contributed by atoms with Gasteiger partial charge in [0.1, 0.15) is 5.75 Å². The summed E-state index contributed by atoms with van der Waals surface area (Å²) in [6, 6.07) is 12.2. The molecule has 0 atom stereocenters. The summed E-state index contributed by atoms with van der Waals surface area (Å²) < 4.78 is 20.2. The Morgan fingerprint density at radius 1 is 1.21 bits per heavy atom. The van der Waals surface area contributed by atoms with Crippen molar-refractivity contribution >= 4 is 34.0 Å². The van der Waals surface area contributed by atoms with Gasteiger partial charge in [-0.3, -0.25) is 4.79 Å². The van der Waals surface area contributed by atoms with E-state index in [1.807, 2.05) is 30.3 Å². The van der Waals surface area contributed by atoms with Crippen molar-refractivity contribution < 1.29 is 13.9 Å². The Labute approximate surface area is 142 Å². The third kappa shape index (κ3) is 2.53. The van der Waals surface area contributed by atoms with Gasteiger partial charge in [0.25, 0.3) is 5.91 Å². The number of methoxy groups -OCH3 is 1. The average Bonchev–Trinajstić information content (AvgIpc) is 2.57. The number of ether oxygens (including phenoxy) is 1. The van der Waals surface area contributed by atoms with Gasteiger partial charge in [0, 0.05) is 5.56 Å². The van der Waals surface area contributed by atoms with E-state index < -0.39 is 11.7 Å². The number of rotatable bonds is 3. The van der Waals surface area contributed by atoms with E-state index in [-0.39, 0.29) is 21.8 Å². The van der Waals surface area contributed by atoms with Crippen molar-refractivity contribution in [2.24, 2.45) is 5.73 Å². The maximum atomic E-state index is 14.9. The van der Waals surface area contributed by atoms with Crippen molar-refractivity contribution in [2.75, 3.05) is 12.8 Å². The molecule has 0 bridgehead atoms. The maximum Gasteiger partial charge on any atom is 0.250 e. The third-order valence-electron chi connectivity index (χ3n) is 3.86. The molecule has 1 amide bonds. The average molecular weight is 345 g/mol. The van der Waals surface area contributed by atoms with E-state index >= 15 is 0 Å². The molecule has 24 heavy (non-hydrogen) atoms. The quantitative estimate of drug-likeness (QED) is 0.705. The van der Waals surface area contributed by atoms with Crippen molar-refractivity contribution in [3.05, 3.63) is 58.9 Å². The van der Waals surface area contributed by atoms with Gasteiger partial charge in [-0.25, -0.2) is 4.39 Å². The van der Waals surface area contributed by atoms with Crippen molar-refractivity contribution in [3.63, 3.8) is 0 Å². The molecule has 0 saturated carbocycles. The number of nitrogen functional groups attached to an aromatic ring is 1. The fraction of sp³-hybridized carbons (Fsp3) is 0.0556. The zero-order valence-corrected chi connectivity index (χ0v) is 13.5. The van der Waals surface area contributed by atoms with Crippen LogP contribution in [0.15, 0.2) is 42.5 Å². The number of anilines is 1. The first-order valence-corrected chi connectivity index (χ1v) is 7.46. The predicted molar refractivity (Wildman–Crippen MR) is 93.8 cm³/mol. The lowest BCUT2D eigenvalue weighted by molar-refractivity contribution is 0.100. The van der Waals surface area contributed by atoms with Crippen LogP contribution in [0.1, 0.15) is 10.4 Å². The Morgan fingerprint density at radius 3 is 2.58 bits per heavy atom. The zero-order chi connectivity index (χ0) is 17.4. The molecular formula is C18H14ClFN2O2. The first kappa shape index (κ1) is 16.1. The smallest absolute Gasteiger partial charge is 0.250 e. The Hall–Kier alpha value is -2.79. The highest BCUT2D eigenvalue weighted by Gasteiger charge is 2.21. The molecule has 3 aromatic rings. The highest BCUT2D eigenvalue weighted by molar-refractivity contribution is 6.34. The highest BCUT2D eigenvalue weighted by atomic mass is 35.5. The largest absolute Gasteiger partial charge is 0.497 e. The van der Waals surface area contributed by atoms with Crippen molar-refractivity contribution in [1.82, 2.24) is 0 Å². The van der Waals surface area contributed by atoms with Gasteiger partial charge in [-0.15, -0.1) is 0 Å². The van der Waals surface area contributed by atoms with Crippen LogP contribution in [-0.2, 0) is 0 Å². The molecule has 0 fully saturated rings. The molecule has 0 spiro atoms. The van der Waals surface area contributed by atoms with Gasteiger partial charge in [-0.05, 0) is 34.5 Å². The summed E-state index contributed by atoms with van der Waals surface area (Å²) in [5.41, 5.74) is 11.1. The number of benzene rings is 3. The Balaban J connectivity index is 2.40. The molecule has 0 aliphatic rings. The molecule has 0 heterocycles. The number of carbonyl (C=O) groups is 1. The monoisotopic (exact) mass is 344 g/mol. The molecule has 4 nitrogen and oxygen atoms in total. The zero-order valence-electron chi connectivity index (χ0n) is 12.8. The summed E-state index contributed by atoms with van der Waals surface area (Å²) in [5.74, 6) is -1.07. The fourth-order valence-corrected chi connectivity index (χ4v) is 2.99. The van der Waals surface area contributed by atoms with Gasteiger partial charge in [-0.1, -0.05) is 35.9 Å². The number of primary amides is 1. The summed E-state index contributed by atoms with van der Waals surface area (Å²) in [4.78, 5) is 11.4. The number of hydrogen-bond donors (Lipinski definition) is 2. The van der Waals surface area contributed by atoms with E-state index in [1.165, 1.54) is 13.2 Å². The molecule has 0 aliphatic heterocycles. The van der Waals surface area contributed by atoms with Crippen LogP contribution in [-0.4, -0.2) is 13.0 Å². The van der Waals surface area contributed by atoms with Crippen molar-refractivity contribution in [1.29, 1.82) is 0 Å². The van der Waals surface area contributed by atoms with Crippen LogP contribution in [0.2, 0.25) is 5.02 Å². The first-order chi connectivity index (χ1) is 11.4. The van der Waals surface area contributed by atoms with E-state index in [0.29, 0.717) is 11.3 Å². The number of fused-ring (bicyclic) bond motifs is 1.